The Labute approximate surface area is 84.8 Å². The highest BCUT2D eigenvalue weighted by Gasteiger charge is 2.46. The Balaban J connectivity index is 3.29. The zero-order chi connectivity index (χ0) is 11.7. The zero-order valence-corrected chi connectivity index (χ0v) is 8.43. The van der Waals surface area contributed by atoms with Crippen LogP contribution in [0.1, 0.15) is 0 Å². The van der Waals surface area contributed by atoms with Crippen molar-refractivity contribution in [3.8, 4) is 0 Å². The van der Waals surface area contributed by atoms with Gasteiger partial charge in [0, 0.05) is 7.05 Å². The average Bonchev–Trinajstić information content (AvgIpc) is 2.16. The number of benzene rings is 1. The topological polar surface area (TPSA) is 48.2 Å². The smallest absolute Gasteiger partial charge is 0.289 e. The lowest BCUT2D eigenvalue weighted by molar-refractivity contribution is -0.0435. The molecular formula is C8H7F3NO2S. The molecule has 0 saturated heterocycles. The first kappa shape index (κ1) is 11.8. The molecule has 0 N–H and O–H groups in total. The fraction of sp³-hybridized carbons (Fsp3) is 0.250. The molecule has 0 unspecified atom stereocenters. The highest BCUT2D eigenvalue weighted by Crippen LogP contribution is 2.31. The second-order valence-corrected chi connectivity index (χ2v) is 4.61. The summed E-state index contributed by atoms with van der Waals surface area (Å²) in [6.45, 7) is 0. The van der Waals surface area contributed by atoms with Gasteiger partial charge in [0.1, 0.15) is 0 Å². The number of sulfone groups is 1. The van der Waals surface area contributed by atoms with E-state index in [0.717, 1.165) is 12.1 Å². The zero-order valence-electron chi connectivity index (χ0n) is 7.62. The number of rotatable bonds is 2. The Morgan fingerprint density at radius 1 is 1.27 bits per heavy atom. The highest BCUT2D eigenvalue weighted by molar-refractivity contribution is 7.92. The average molecular weight is 238 g/mol. The Morgan fingerprint density at radius 2 is 1.87 bits per heavy atom. The van der Waals surface area contributed by atoms with Crippen molar-refractivity contribution >= 4 is 15.5 Å². The van der Waals surface area contributed by atoms with Crippen LogP contribution in [0.5, 0.6) is 0 Å². The Hall–Kier alpha value is -1.24. The molecule has 0 bridgehead atoms. The first-order chi connectivity index (χ1) is 6.79. The van der Waals surface area contributed by atoms with Crippen LogP contribution in [-0.4, -0.2) is 21.0 Å². The summed E-state index contributed by atoms with van der Waals surface area (Å²) >= 11 is 0. The lowest BCUT2D eigenvalue weighted by Gasteiger charge is -2.08. The van der Waals surface area contributed by atoms with Crippen molar-refractivity contribution in [2.75, 3.05) is 7.05 Å². The summed E-state index contributed by atoms with van der Waals surface area (Å²) in [7, 11) is -3.91. The molecule has 3 nitrogen and oxygen atoms in total. The van der Waals surface area contributed by atoms with E-state index in [2.05, 4.69) is 5.32 Å². The van der Waals surface area contributed by atoms with E-state index in [9.17, 15) is 21.6 Å². The standard InChI is InChI=1S/C8H7F3NO2S/c1-12-6-3-2-4-7(5-6)15(13,14)8(9,10)11/h2-5H,1H3. The lowest BCUT2D eigenvalue weighted by atomic mass is 10.3. The van der Waals surface area contributed by atoms with Crippen LogP contribution in [0.15, 0.2) is 29.2 Å². The molecule has 15 heavy (non-hydrogen) atoms. The van der Waals surface area contributed by atoms with Crippen LogP contribution < -0.4 is 5.32 Å². The normalized spacial score (nSPS) is 12.5. The van der Waals surface area contributed by atoms with Gasteiger partial charge in [-0.15, -0.1) is 0 Å². The van der Waals surface area contributed by atoms with E-state index in [1.165, 1.54) is 19.2 Å². The van der Waals surface area contributed by atoms with Crippen LogP contribution >= 0.6 is 0 Å². The molecule has 0 aliphatic rings. The van der Waals surface area contributed by atoms with Crippen LogP contribution in [0.2, 0.25) is 0 Å². The summed E-state index contributed by atoms with van der Waals surface area (Å²) in [6, 6.07) is 4.39. The lowest BCUT2D eigenvalue weighted by Crippen LogP contribution is -2.23. The first-order valence-electron chi connectivity index (χ1n) is 3.80. The third-order valence-electron chi connectivity index (χ3n) is 1.69. The van der Waals surface area contributed by atoms with Gasteiger partial charge in [-0.3, -0.25) is 5.32 Å². The molecule has 0 fully saturated rings. The van der Waals surface area contributed by atoms with Crippen LogP contribution in [-0.2, 0) is 9.84 Å². The van der Waals surface area contributed by atoms with Crippen molar-refractivity contribution in [1.29, 1.82) is 0 Å². The van der Waals surface area contributed by atoms with E-state index < -0.39 is 20.2 Å². The van der Waals surface area contributed by atoms with Crippen molar-refractivity contribution in [1.82, 2.24) is 5.32 Å². The van der Waals surface area contributed by atoms with Gasteiger partial charge in [-0.2, -0.15) is 13.2 Å². The van der Waals surface area contributed by atoms with Gasteiger partial charge in [-0.25, -0.2) is 8.42 Å². The minimum absolute atomic E-state index is 0.181. The summed E-state index contributed by atoms with van der Waals surface area (Å²) in [5.74, 6) is 0. The van der Waals surface area contributed by atoms with Gasteiger partial charge in [0.05, 0.1) is 10.6 Å². The molecular weight excluding hydrogens is 231 g/mol. The van der Waals surface area contributed by atoms with Crippen molar-refractivity contribution in [2.24, 2.45) is 0 Å². The van der Waals surface area contributed by atoms with E-state index >= 15 is 0 Å². The maximum atomic E-state index is 12.1. The first-order valence-corrected chi connectivity index (χ1v) is 5.28. The number of halogens is 3. The third kappa shape index (κ3) is 2.23. The van der Waals surface area contributed by atoms with Gasteiger partial charge in [-0.1, -0.05) is 6.07 Å². The minimum atomic E-state index is -5.28. The molecule has 0 heterocycles. The van der Waals surface area contributed by atoms with Gasteiger partial charge in [0.25, 0.3) is 9.84 Å². The van der Waals surface area contributed by atoms with Gasteiger partial charge in [-0.05, 0) is 18.2 Å². The molecule has 83 valence electrons. The summed E-state index contributed by atoms with van der Waals surface area (Å²) < 4.78 is 58.3. The number of hydrogen-bond donors (Lipinski definition) is 0. The van der Waals surface area contributed by atoms with Crippen molar-refractivity contribution in [3.05, 3.63) is 24.3 Å². The van der Waals surface area contributed by atoms with Gasteiger partial charge in [0.2, 0.25) is 0 Å². The fourth-order valence-corrected chi connectivity index (χ4v) is 1.72. The van der Waals surface area contributed by atoms with Crippen LogP contribution in [0.4, 0.5) is 18.9 Å². The van der Waals surface area contributed by atoms with E-state index in [4.69, 9.17) is 0 Å². The maximum Gasteiger partial charge on any atom is 0.501 e. The third-order valence-corrected chi connectivity index (χ3v) is 3.17. The Morgan fingerprint density at radius 3 is 2.33 bits per heavy atom. The predicted molar refractivity (Wildman–Crippen MR) is 47.4 cm³/mol. The maximum absolute atomic E-state index is 12.1. The van der Waals surface area contributed by atoms with E-state index in [0.29, 0.717) is 0 Å². The Bertz CT molecular complexity index is 453. The molecule has 0 aromatic heterocycles. The molecule has 7 heteroatoms. The number of nitrogens with zero attached hydrogens (tertiary/aromatic N) is 1. The van der Waals surface area contributed by atoms with E-state index in [1.54, 1.807) is 0 Å². The largest absolute Gasteiger partial charge is 0.501 e. The molecule has 1 aromatic rings. The minimum Gasteiger partial charge on any atom is -0.289 e. The predicted octanol–water partition coefficient (Wildman–Crippen LogP) is 1.85. The second-order valence-electron chi connectivity index (χ2n) is 2.67. The fourth-order valence-electron chi connectivity index (χ4n) is 0.923. The molecule has 0 spiro atoms. The molecule has 0 aliphatic heterocycles. The number of alkyl halides is 3. The molecule has 1 rings (SSSR count). The molecule has 0 amide bonds. The van der Waals surface area contributed by atoms with Gasteiger partial charge < -0.3 is 0 Å². The molecule has 0 saturated carbocycles. The van der Waals surface area contributed by atoms with Crippen LogP contribution in [0.3, 0.4) is 0 Å². The summed E-state index contributed by atoms with van der Waals surface area (Å²) in [4.78, 5) is -0.793. The van der Waals surface area contributed by atoms with Gasteiger partial charge >= 0.3 is 5.51 Å². The quantitative estimate of drug-likeness (QED) is 0.789. The van der Waals surface area contributed by atoms with E-state index in [1.807, 2.05) is 0 Å². The van der Waals surface area contributed by atoms with E-state index in [-0.39, 0.29) is 5.69 Å². The highest BCUT2D eigenvalue weighted by atomic mass is 32.2. The van der Waals surface area contributed by atoms with Gasteiger partial charge in [0.15, 0.2) is 0 Å². The monoisotopic (exact) mass is 238 g/mol. The molecule has 1 radical (unpaired) electrons. The van der Waals surface area contributed by atoms with Crippen molar-refractivity contribution in [2.45, 2.75) is 10.4 Å². The number of hydrogen-bond acceptors (Lipinski definition) is 2. The van der Waals surface area contributed by atoms with Crippen molar-refractivity contribution in [3.63, 3.8) is 0 Å². The summed E-state index contributed by atoms with van der Waals surface area (Å²) in [5.41, 5.74) is -5.10. The second kappa shape index (κ2) is 3.73. The molecule has 0 aliphatic carbocycles. The molecule has 0 atom stereocenters. The van der Waals surface area contributed by atoms with Crippen molar-refractivity contribution < 1.29 is 21.6 Å². The summed E-state index contributed by atoms with van der Waals surface area (Å²) in [5, 5.41) is 3.59. The summed E-state index contributed by atoms with van der Waals surface area (Å²) in [6.07, 6.45) is 0. The van der Waals surface area contributed by atoms with Crippen LogP contribution in [0, 0.1) is 0 Å². The SMILES string of the molecule is C[N]c1cccc(S(=O)(=O)C(F)(F)F)c1. The molecule has 1 aromatic carbocycles. The Kier molecular flexibility index (Phi) is 2.94. The van der Waals surface area contributed by atoms with Crippen LogP contribution in [0.25, 0.3) is 0 Å².